The van der Waals surface area contributed by atoms with Crippen LogP contribution in [0.15, 0.2) is 60.8 Å². The van der Waals surface area contributed by atoms with Crippen LogP contribution in [0.3, 0.4) is 0 Å². The third-order valence-electron chi connectivity index (χ3n) is 4.18. The van der Waals surface area contributed by atoms with Crippen LogP contribution in [-0.2, 0) is 13.0 Å². The van der Waals surface area contributed by atoms with Gasteiger partial charge in [-0.15, -0.1) is 0 Å². The van der Waals surface area contributed by atoms with Gasteiger partial charge in [0.25, 0.3) is 0 Å². The monoisotopic (exact) mass is 307 g/mol. The molecule has 1 unspecified atom stereocenters. The van der Waals surface area contributed by atoms with Gasteiger partial charge in [0.1, 0.15) is 0 Å². The standard InChI is InChI=1S/C20H25N3/c1-23(2)15-18(13-16-7-4-3-5-8-16)22-14-17-9-6-10-20-19(17)11-12-21-20/h3-12,18,21-22H,13-15H2,1-2H3. The van der Waals surface area contributed by atoms with Gasteiger partial charge in [-0.2, -0.15) is 0 Å². The largest absolute Gasteiger partial charge is 0.361 e. The number of fused-ring (bicyclic) bond motifs is 1. The summed E-state index contributed by atoms with van der Waals surface area (Å²) in [6, 6.07) is 19.8. The highest BCUT2D eigenvalue weighted by molar-refractivity contribution is 5.82. The summed E-state index contributed by atoms with van der Waals surface area (Å²) in [5.41, 5.74) is 3.93. The van der Waals surface area contributed by atoms with Crippen LogP contribution in [0, 0.1) is 0 Å². The number of rotatable bonds is 7. The molecule has 23 heavy (non-hydrogen) atoms. The van der Waals surface area contributed by atoms with Crippen LogP contribution in [0.1, 0.15) is 11.1 Å². The predicted molar refractivity (Wildman–Crippen MR) is 97.6 cm³/mol. The Labute approximate surface area is 138 Å². The molecule has 2 aromatic carbocycles. The molecule has 3 heteroatoms. The molecule has 1 aromatic heterocycles. The van der Waals surface area contributed by atoms with Crippen molar-refractivity contribution < 1.29 is 0 Å². The average molecular weight is 307 g/mol. The van der Waals surface area contributed by atoms with Gasteiger partial charge >= 0.3 is 0 Å². The lowest BCUT2D eigenvalue weighted by molar-refractivity contribution is 0.335. The summed E-state index contributed by atoms with van der Waals surface area (Å²) in [4.78, 5) is 5.53. The lowest BCUT2D eigenvalue weighted by Crippen LogP contribution is -2.39. The number of likely N-dealkylation sites (N-methyl/N-ethyl adjacent to an activating group) is 1. The molecule has 0 amide bonds. The first-order valence-electron chi connectivity index (χ1n) is 8.19. The van der Waals surface area contributed by atoms with Crippen molar-refractivity contribution >= 4 is 10.9 Å². The summed E-state index contributed by atoms with van der Waals surface area (Å²) < 4.78 is 0. The average Bonchev–Trinajstić information content (AvgIpc) is 3.02. The number of aromatic amines is 1. The van der Waals surface area contributed by atoms with Gasteiger partial charge < -0.3 is 15.2 Å². The molecule has 0 fully saturated rings. The van der Waals surface area contributed by atoms with Crippen molar-refractivity contribution in [2.45, 2.75) is 19.0 Å². The van der Waals surface area contributed by atoms with E-state index in [1.807, 2.05) is 6.20 Å². The van der Waals surface area contributed by atoms with Gasteiger partial charge in [-0.1, -0.05) is 42.5 Å². The predicted octanol–water partition coefficient (Wildman–Crippen LogP) is 3.43. The maximum atomic E-state index is 3.74. The minimum Gasteiger partial charge on any atom is -0.361 e. The molecule has 0 bridgehead atoms. The number of benzene rings is 2. The van der Waals surface area contributed by atoms with E-state index in [1.54, 1.807) is 0 Å². The Hall–Kier alpha value is -2.10. The second kappa shape index (κ2) is 7.44. The molecule has 3 rings (SSSR count). The van der Waals surface area contributed by atoms with Crippen molar-refractivity contribution in [3.05, 3.63) is 71.9 Å². The Morgan fingerprint density at radius 1 is 1.00 bits per heavy atom. The maximum absolute atomic E-state index is 3.74. The van der Waals surface area contributed by atoms with E-state index in [-0.39, 0.29) is 0 Å². The minimum absolute atomic E-state index is 0.432. The van der Waals surface area contributed by atoms with Gasteiger partial charge in [0.2, 0.25) is 0 Å². The van der Waals surface area contributed by atoms with Crippen LogP contribution in [0.25, 0.3) is 10.9 Å². The number of nitrogens with one attached hydrogen (secondary N) is 2. The fraction of sp³-hybridized carbons (Fsp3) is 0.300. The second-order valence-corrected chi connectivity index (χ2v) is 6.39. The van der Waals surface area contributed by atoms with Crippen LogP contribution in [0.2, 0.25) is 0 Å². The van der Waals surface area contributed by atoms with Crippen LogP contribution < -0.4 is 5.32 Å². The zero-order valence-electron chi connectivity index (χ0n) is 13.9. The summed E-state index contributed by atoms with van der Waals surface area (Å²) in [6.07, 6.45) is 3.05. The van der Waals surface area contributed by atoms with E-state index in [0.29, 0.717) is 6.04 Å². The molecule has 3 nitrogen and oxygen atoms in total. The second-order valence-electron chi connectivity index (χ2n) is 6.39. The Kier molecular flexibility index (Phi) is 5.11. The molecule has 2 N–H and O–H groups in total. The number of aromatic nitrogens is 1. The van der Waals surface area contributed by atoms with Crippen LogP contribution in [0.5, 0.6) is 0 Å². The molecule has 0 saturated heterocycles. The zero-order valence-corrected chi connectivity index (χ0v) is 13.9. The van der Waals surface area contributed by atoms with E-state index in [4.69, 9.17) is 0 Å². The molecule has 0 aliphatic carbocycles. The third-order valence-corrected chi connectivity index (χ3v) is 4.18. The maximum Gasteiger partial charge on any atom is 0.0457 e. The fourth-order valence-electron chi connectivity index (χ4n) is 3.10. The van der Waals surface area contributed by atoms with Gasteiger partial charge in [-0.05, 0) is 43.8 Å². The Balaban J connectivity index is 1.69. The number of nitrogens with zero attached hydrogens (tertiary/aromatic N) is 1. The Bertz CT molecular complexity index is 731. The summed E-state index contributed by atoms with van der Waals surface area (Å²) in [7, 11) is 4.26. The highest BCUT2D eigenvalue weighted by atomic mass is 15.1. The first-order valence-corrected chi connectivity index (χ1v) is 8.19. The van der Waals surface area contributed by atoms with E-state index in [2.05, 4.69) is 83.9 Å². The summed E-state index contributed by atoms with van der Waals surface area (Å²) in [5, 5.41) is 5.05. The van der Waals surface area contributed by atoms with E-state index in [9.17, 15) is 0 Å². The Morgan fingerprint density at radius 3 is 2.61 bits per heavy atom. The number of H-pyrrole nitrogens is 1. The molecule has 0 aliphatic rings. The zero-order chi connectivity index (χ0) is 16.1. The number of hydrogen-bond acceptors (Lipinski definition) is 2. The van der Waals surface area contributed by atoms with Gasteiger partial charge in [0, 0.05) is 36.2 Å². The minimum atomic E-state index is 0.432. The van der Waals surface area contributed by atoms with Gasteiger partial charge in [0.15, 0.2) is 0 Å². The molecular formula is C20H25N3. The molecule has 0 aliphatic heterocycles. The molecule has 1 atom stereocenters. The first kappa shape index (κ1) is 15.8. The first-order chi connectivity index (χ1) is 11.2. The molecule has 1 heterocycles. The van der Waals surface area contributed by atoms with E-state index < -0.39 is 0 Å². The molecule has 3 aromatic rings. The number of hydrogen-bond donors (Lipinski definition) is 2. The fourth-order valence-corrected chi connectivity index (χ4v) is 3.10. The highest BCUT2D eigenvalue weighted by Gasteiger charge is 2.11. The molecule has 0 radical (unpaired) electrons. The van der Waals surface area contributed by atoms with E-state index in [1.165, 1.54) is 22.0 Å². The van der Waals surface area contributed by atoms with Crippen LogP contribution in [-0.4, -0.2) is 36.6 Å². The van der Waals surface area contributed by atoms with Crippen molar-refractivity contribution in [2.24, 2.45) is 0 Å². The molecule has 120 valence electrons. The lowest BCUT2D eigenvalue weighted by Gasteiger charge is -2.23. The van der Waals surface area contributed by atoms with E-state index in [0.717, 1.165) is 19.5 Å². The van der Waals surface area contributed by atoms with Gasteiger partial charge in [0.05, 0.1) is 0 Å². The van der Waals surface area contributed by atoms with Gasteiger partial charge in [-0.25, -0.2) is 0 Å². The Morgan fingerprint density at radius 2 is 1.83 bits per heavy atom. The van der Waals surface area contributed by atoms with Crippen molar-refractivity contribution in [3.63, 3.8) is 0 Å². The van der Waals surface area contributed by atoms with Crippen LogP contribution >= 0.6 is 0 Å². The van der Waals surface area contributed by atoms with Crippen molar-refractivity contribution in [2.75, 3.05) is 20.6 Å². The van der Waals surface area contributed by atoms with Crippen molar-refractivity contribution in [1.82, 2.24) is 15.2 Å². The topological polar surface area (TPSA) is 31.1 Å². The molecule has 0 saturated carbocycles. The SMILES string of the molecule is CN(C)CC(Cc1ccccc1)NCc1cccc2[nH]ccc12. The molecular weight excluding hydrogens is 282 g/mol. The summed E-state index contributed by atoms with van der Waals surface area (Å²) in [5.74, 6) is 0. The van der Waals surface area contributed by atoms with Crippen molar-refractivity contribution in [1.29, 1.82) is 0 Å². The smallest absolute Gasteiger partial charge is 0.0457 e. The van der Waals surface area contributed by atoms with E-state index >= 15 is 0 Å². The lowest BCUT2D eigenvalue weighted by atomic mass is 10.0. The normalized spacial score (nSPS) is 12.8. The molecule has 0 spiro atoms. The van der Waals surface area contributed by atoms with Crippen molar-refractivity contribution in [3.8, 4) is 0 Å². The summed E-state index contributed by atoms with van der Waals surface area (Å²) >= 11 is 0. The summed E-state index contributed by atoms with van der Waals surface area (Å²) in [6.45, 7) is 1.92. The highest BCUT2D eigenvalue weighted by Crippen LogP contribution is 2.17. The quantitative estimate of drug-likeness (QED) is 0.700. The van der Waals surface area contributed by atoms with Crippen LogP contribution in [0.4, 0.5) is 0 Å². The van der Waals surface area contributed by atoms with Gasteiger partial charge in [-0.3, -0.25) is 0 Å². The third kappa shape index (κ3) is 4.21.